The van der Waals surface area contributed by atoms with E-state index in [1.807, 2.05) is 6.92 Å². The summed E-state index contributed by atoms with van der Waals surface area (Å²) < 4.78 is 12.8. The topological polar surface area (TPSA) is 38.7 Å². The monoisotopic (exact) mass is 294 g/mol. The van der Waals surface area contributed by atoms with Gasteiger partial charge in [0, 0.05) is 11.3 Å². The smallest absolute Gasteiger partial charge is 0.184 e. The Morgan fingerprint density at radius 1 is 1.30 bits per heavy atom. The van der Waals surface area contributed by atoms with E-state index < -0.39 is 20.0 Å². The minimum atomic E-state index is -1.81. The Kier molecular flexibility index (Phi) is 2.95. The van der Waals surface area contributed by atoms with E-state index in [9.17, 15) is 5.11 Å². The van der Waals surface area contributed by atoms with E-state index in [0.717, 1.165) is 5.57 Å². The van der Waals surface area contributed by atoms with Crippen LogP contribution in [0.25, 0.3) is 0 Å². The number of fused-ring (bicyclic) bond motifs is 4. The number of aliphatic hydroxyl groups excluding tert-OH is 1. The van der Waals surface area contributed by atoms with E-state index >= 15 is 0 Å². The standard InChI is InChI=1S/C16H26O3Si/c1-10-9-15(3)13-8-7-12(18-13)11(2)16(15,14(10)17)19-20(4,5)6/h7-9,11-14,17H,1-6H3/t11-,12+,13-,14-,15-,16+/m0/s1. The zero-order valence-corrected chi connectivity index (χ0v) is 14.3. The third-order valence-corrected chi connectivity index (χ3v) is 6.17. The first-order valence-corrected chi connectivity index (χ1v) is 10.9. The quantitative estimate of drug-likeness (QED) is 0.629. The minimum absolute atomic E-state index is 0.00662. The van der Waals surface area contributed by atoms with Crippen LogP contribution >= 0.6 is 0 Å². The first-order valence-electron chi connectivity index (χ1n) is 7.53. The van der Waals surface area contributed by atoms with Crippen LogP contribution in [-0.4, -0.2) is 37.3 Å². The number of hydrogen-bond acceptors (Lipinski definition) is 3. The summed E-state index contributed by atoms with van der Waals surface area (Å²) >= 11 is 0. The Balaban J connectivity index is 2.16. The molecule has 0 aromatic heterocycles. The SMILES string of the molecule is CC1=C[C@@]2(C)[C@@H]3C=C[C@@H](O3)[C@H](C)[C@@]2(O[Si](C)(C)C)[C@H]1O. The van der Waals surface area contributed by atoms with Crippen molar-refractivity contribution in [1.29, 1.82) is 0 Å². The normalized spacial score (nSPS) is 50.2. The van der Waals surface area contributed by atoms with Gasteiger partial charge >= 0.3 is 0 Å². The molecule has 0 unspecified atom stereocenters. The van der Waals surface area contributed by atoms with Crippen LogP contribution in [0.5, 0.6) is 0 Å². The lowest BCUT2D eigenvalue weighted by molar-refractivity contribution is -0.225. The van der Waals surface area contributed by atoms with Gasteiger partial charge in [0.15, 0.2) is 8.32 Å². The molecule has 0 spiro atoms. The molecule has 6 atom stereocenters. The van der Waals surface area contributed by atoms with Crippen molar-refractivity contribution in [1.82, 2.24) is 0 Å². The van der Waals surface area contributed by atoms with Crippen molar-refractivity contribution < 1.29 is 14.3 Å². The van der Waals surface area contributed by atoms with Crippen molar-refractivity contribution in [3.63, 3.8) is 0 Å². The maximum Gasteiger partial charge on any atom is 0.184 e. The van der Waals surface area contributed by atoms with Crippen LogP contribution in [0.2, 0.25) is 19.6 Å². The summed E-state index contributed by atoms with van der Waals surface area (Å²) in [6.45, 7) is 12.9. The summed E-state index contributed by atoms with van der Waals surface area (Å²) in [5.74, 6) is 0.137. The van der Waals surface area contributed by atoms with E-state index in [-0.39, 0.29) is 23.5 Å². The second kappa shape index (κ2) is 4.06. The molecule has 1 saturated heterocycles. The molecule has 1 aliphatic carbocycles. The fourth-order valence-electron chi connectivity index (χ4n) is 4.45. The number of rotatable bonds is 2. The molecule has 3 rings (SSSR count). The van der Waals surface area contributed by atoms with Gasteiger partial charge in [0.1, 0.15) is 11.7 Å². The maximum atomic E-state index is 11.0. The lowest BCUT2D eigenvalue weighted by Gasteiger charge is -2.57. The highest BCUT2D eigenvalue weighted by Gasteiger charge is 2.69. The van der Waals surface area contributed by atoms with Crippen molar-refractivity contribution in [2.24, 2.45) is 11.3 Å². The number of ether oxygens (including phenoxy) is 1. The van der Waals surface area contributed by atoms with Gasteiger partial charge in [-0.15, -0.1) is 0 Å². The highest BCUT2D eigenvalue weighted by Crippen LogP contribution is 2.60. The molecule has 4 heteroatoms. The second-order valence-electron chi connectivity index (χ2n) is 7.78. The lowest BCUT2D eigenvalue weighted by atomic mass is 9.63. The molecular weight excluding hydrogens is 268 g/mol. The molecule has 0 aromatic carbocycles. The van der Waals surface area contributed by atoms with Crippen molar-refractivity contribution >= 4 is 8.32 Å². The van der Waals surface area contributed by atoms with Gasteiger partial charge in [0.05, 0.1) is 12.2 Å². The fourth-order valence-corrected chi connectivity index (χ4v) is 5.98. The third-order valence-electron chi connectivity index (χ3n) is 5.22. The summed E-state index contributed by atoms with van der Waals surface area (Å²) in [4.78, 5) is 0. The van der Waals surface area contributed by atoms with Gasteiger partial charge in [-0.2, -0.15) is 0 Å². The van der Waals surface area contributed by atoms with Crippen LogP contribution in [0.4, 0.5) is 0 Å². The first kappa shape index (κ1) is 14.5. The zero-order valence-electron chi connectivity index (χ0n) is 13.3. The van der Waals surface area contributed by atoms with Crippen molar-refractivity contribution in [2.75, 3.05) is 0 Å². The van der Waals surface area contributed by atoms with Crippen molar-refractivity contribution in [3.8, 4) is 0 Å². The van der Waals surface area contributed by atoms with Gasteiger partial charge in [-0.05, 0) is 32.1 Å². The highest BCUT2D eigenvalue weighted by atomic mass is 28.4. The van der Waals surface area contributed by atoms with E-state index in [0.29, 0.717) is 0 Å². The Bertz CT molecular complexity index is 492. The molecule has 2 heterocycles. The van der Waals surface area contributed by atoms with Crippen LogP contribution in [-0.2, 0) is 9.16 Å². The summed E-state index contributed by atoms with van der Waals surface area (Å²) in [6.07, 6.45) is 6.00. The molecule has 0 aromatic rings. The number of hydrogen-bond donors (Lipinski definition) is 1. The van der Waals surface area contributed by atoms with E-state index in [2.05, 4.69) is 51.7 Å². The zero-order chi connectivity index (χ0) is 14.9. The molecule has 0 radical (unpaired) electrons. The predicted octanol–water partition coefficient (Wildman–Crippen LogP) is 2.88. The van der Waals surface area contributed by atoms with E-state index in [4.69, 9.17) is 9.16 Å². The lowest BCUT2D eigenvalue weighted by Crippen LogP contribution is -2.68. The van der Waals surface area contributed by atoms with Crippen LogP contribution in [0.15, 0.2) is 23.8 Å². The summed E-state index contributed by atoms with van der Waals surface area (Å²) in [5.41, 5.74) is 0.167. The Morgan fingerprint density at radius 3 is 2.55 bits per heavy atom. The Hall–Kier alpha value is -0.423. The molecule has 20 heavy (non-hydrogen) atoms. The third kappa shape index (κ3) is 1.62. The second-order valence-corrected chi connectivity index (χ2v) is 12.2. The molecule has 1 fully saturated rings. The van der Waals surface area contributed by atoms with Gasteiger partial charge in [-0.1, -0.05) is 32.1 Å². The first-order chi connectivity index (χ1) is 9.12. The Labute approximate surface area is 122 Å². The van der Waals surface area contributed by atoms with Crippen molar-refractivity contribution in [2.45, 2.75) is 64.3 Å². The Morgan fingerprint density at radius 2 is 1.95 bits per heavy atom. The number of aliphatic hydroxyl groups is 1. The molecule has 0 saturated carbocycles. The summed E-state index contributed by atoms with van der Waals surface area (Å²) in [6, 6.07) is 0. The maximum absolute atomic E-state index is 11.0. The summed E-state index contributed by atoms with van der Waals surface area (Å²) in [7, 11) is -1.81. The van der Waals surface area contributed by atoms with Gasteiger partial charge in [0.25, 0.3) is 0 Å². The molecule has 3 aliphatic rings. The molecule has 1 N–H and O–H groups in total. The minimum Gasteiger partial charge on any atom is -0.408 e. The van der Waals surface area contributed by atoms with E-state index in [1.54, 1.807) is 0 Å². The van der Waals surface area contributed by atoms with Crippen LogP contribution in [0, 0.1) is 11.3 Å². The van der Waals surface area contributed by atoms with Gasteiger partial charge in [0.2, 0.25) is 0 Å². The average Bonchev–Trinajstić information content (AvgIpc) is 2.85. The fraction of sp³-hybridized carbons (Fsp3) is 0.750. The average molecular weight is 294 g/mol. The molecule has 2 bridgehead atoms. The van der Waals surface area contributed by atoms with Gasteiger partial charge in [-0.3, -0.25) is 0 Å². The molecular formula is C16H26O3Si. The predicted molar refractivity (Wildman–Crippen MR) is 82.0 cm³/mol. The molecule has 0 amide bonds. The highest BCUT2D eigenvalue weighted by molar-refractivity contribution is 6.69. The van der Waals surface area contributed by atoms with E-state index in [1.165, 1.54) is 0 Å². The molecule has 3 nitrogen and oxygen atoms in total. The van der Waals surface area contributed by atoms with Crippen molar-refractivity contribution in [3.05, 3.63) is 23.8 Å². The van der Waals surface area contributed by atoms with Crippen LogP contribution in [0.3, 0.4) is 0 Å². The van der Waals surface area contributed by atoms with Crippen LogP contribution in [0.1, 0.15) is 20.8 Å². The van der Waals surface area contributed by atoms with Crippen LogP contribution < -0.4 is 0 Å². The van der Waals surface area contributed by atoms with Gasteiger partial charge < -0.3 is 14.3 Å². The molecule has 2 aliphatic heterocycles. The summed E-state index contributed by atoms with van der Waals surface area (Å²) in [5, 5.41) is 11.0. The van der Waals surface area contributed by atoms with Gasteiger partial charge in [-0.25, -0.2) is 0 Å². The largest absolute Gasteiger partial charge is 0.408 e. The molecule has 112 valence electrons.